The Morgan fingerprint density at radius 3 is 2.55 bits per heavy atom. The molecule has 1 N–H and O–H groups in total. The highest BCUT2D eigenvalue weighted by Crippen LogP contribution is 2.23. The van der Waals surface area contributed by atoms with E-state index in [2.05, 4.69) is 9.71 Å². The second-order valence-corrected chi connectivity index (χ2v) is 6.77. The third-order valence-electron chi connectivity index (χ3n) is 2.54. The number of nitrogens with zero attached hydrogens (tertiary/aromatic N) is 1. The number of hydrogen-bond acceptors (Lipinski definition) is 3. The van der Waals surface area contributed by atoms with Crippen LogP contribution in [-0.4, -0.2) is 13.4 Å². The summed E-state index contributed by atoms with van der Waals surface area (Å²) in [6, 6.07) is 10.1. The highest BCUT2D eigenvalue weighted by atomic mass is 35.5. The van der Waals surface area contributed by atoms with Gasteiger partial charge in [-0.15, -0.1) is 0 Å². The molecular weight excluding hydrogens is 319 g/mol. The summed E-state index contributed by atoms with van der Waals surface area (Å²) >= 11 is 11.6. The summed E-state index contributed by atoms with van der Waals surface area (Å²) in [7, 11) is -3.45. The maximum atomic E-state index is 12.0. The van der Waals surface area contributed by atoms with Gasteiger partial charge in [-0.1, -0.05) is 35.3 Å². The highest BCUT2D eigenvalue weighted by molar-refractivity contribution is 7.88. The van der Waals surface area contributed by atoms with Crippen LogP contribution in [0.2, 0.25) is 10.0 Å². The maximum Gasteiger partial charge on any atom is 0.216 e. The van der Waals surface area contributed by atoms with Gasteiger partial charge in [0, 0.05) is 6.20 Å². The Morgan fingerprint density at radius 1 is 1.10 bits per heavy atom. The summed E-state index contributed by atoms with van der Waals surface area (Å²) in [6.45, 7) is 0.157. The van der Waals surface area contributed by atoms with Crippen LogP contribution in [0.1, 0.15) is 11.3 Å². The van der Waals surface area contributed by atoms with Crippen molar-refractivity contribution in [2.75, 3.05) is 0 Å². The molecule has 0 fully saturated rings. The van der Waals surface area contributed by atoms with Gasteiger partial charge in [0.05, 0.1) is 28.0 Å². The molecule has 0 aliphatic carbocycles. The van der Waals surface area contributed by atoms with E-state index < -0.39 is 10.0 Å². The van der Waals surface area contributed by atoms with Gasteiger partial charge in [0.1, 0.15) is 0 Å². The van der Waals surface area contributed by atoms with Gasteiger partial charge >= 0.3 is 0 Å². The molecule has 0 saturated heterocycles. The average Bonchev–Trinajstić information content (AvgIpc) is 2.42. The van der Waals surface area contributed by atoms with Crippen molar-refractivity contribution < 1.29 is 8.42 Å². The minimum Gasteiger partial charge on any atom is -0.260 e. The largest absolute Gasteiger partial charge is 0.260 e. The summed E-state index contributed by atoms with van der Waals surface area (Å²) in [4.78, 5) is 4.05. The van der Waals surface area contributed by atoms with E-state index in [4.69, 9.17) is 23.2 Å². The first-order valence-corrected chi connectivity index (χ1v) is 8.18. The monoisotopic (exact) mass is 330 g/mol. The first kappa shape index (κ1) is 15.3. The van der Waals surface area contributed by atoms with Gasteiger partial charge in [0.25, 0.3) is 0 Å². The lowest BCUT2D eigenvalue weighted by atomic mass is 10.2. The van der Waals surface area contributed by atoms with Crippen LogP contribution in [0.15, 0.2) is 42.6 Å². The van der Waals surface area contributed by atoms with Crippen LogP contribution in [0.5, 0.6) is 0 Å². The van der Waals surface area contributed by atoms with Gasteiger partial charge in [0.2, 0.25) is 10.0 Å². The number of hydrogen-bond donors (Lipinski definition) is 1. The first-order valence-electron chi connectivity index (χ1n) is 5.77. The molecule has 0 saturated carbocycles. The Balaban J connectivity index is 2.02. The van der Waals surface area contributed by atoms with Gasteiger partial charge in [0.15, 0.2) is 0 Å². The normalized spacial score (nSPS) is 11.5. The SMILES string of the molecule is O=S(=O)(Cc1ccc(Cl)c(Cl)c1)NCc1ccccn1. The standard InChI is InChI=1S/C13H12Cl2N2O2S/c14-12-5-4-10(7-13(12)15)9-20(18,19)17-8-11-3-1-2-6-16-11/h1-7,17H,8-9H2. The zero-order valence-electron chi connectivity index (χ0n) is 10.4. The van der Waals surface area contributed by atoms with Crippen LogP contribution in [0.4, 0.5) is 0 Å². The molecule has 0 aliphatic rings. The number of rotatable bonds is 5. The molecule has 7 heteroatoms. The zero-order chi connectivity index (χ0) is 14.6. The molecule has 0 bridgehead atoms. The fourth-order valence-electron chi connectivity index (χ4n) is 1.59. The van der Waals surface area contributed by atoms with Crippen molar-refractivity contribution in [1.82, 2.24) is 9.71 Å². The molecule has 0 unspecified atom stereocenters. The van der Waals surface area contributed by atoms with Crippen LogP contribution in [-0.2, 0) is 22.3 Å². The molecule has 1 aromatic carbocycles. The Labute approximate surface area is 127 Å². The van der Waals surface area contributed by atoms with E-state index in [0.717, 1.165) is 0 Å². The lowest BCUT2D eigenvalue weighted by molar-refractivity contribution is 0.579. The second kappa shape index (κ2) is 6.54. The molecule has 20 heavy (non-hydrogen) atoms. The minimum atomic E-state index is -3.45. The molecule has 0 aliphatic heterocycles. The van der Waals surface area contributed by atoms with Crippen LogP contribution < -0.4 is 4.72 Å². The van der Waals surface area contributed by atoms with Crippen LogP contribution in [0, 0.1) is 0 Å². The molecule has 1 aromatic heterocycles. The van der Waals surface area contributed by atoms with Crippen molar-refractivity contribution in [2.24, 2.45) is 0 Å². The van der Waals surface area contributed by atoms with E-state index in [1.165, 1.54) is 0 Å². The minimum absolute atomic E-state index is 0.156. The number of halogens is 2. The predicted molar refractivity (Wildman–Crippen MR) is 80.2 cm³/mol. The highest BCUT2D eigenvalue weighted by Gasteiger charge is 2.12. The molecular formula is C13H12Cl2N2O2S. The summed E-state index contributed by atoms with van der Waals surface area (Å²) in [6.07, 6.45) is 1.61. The quantitative estimate of drug-likeness (QED) is 0.916. The van der Waals surface area contributed by atoms with E-state index in [1.54, 1.807) is 42.6 Å². The molecule has 0 radical (unpaired) electrons. The smallest absolute Gasteiger partial charge is 0.216 e. The topological polar surface area (TPSA) is 59.1 Å². The Bertz CT molecular complexity index is 691. The number of nitrogens with one attached hydrogen (secondary N) is 1. The van der Waals surface area contributed by atoms with Crippen molar-refractivity contribution in [3.63, 3.8) is 0 Å². The van der Waals surface area contributed by atoms with Crippen molar-refractivity contribution in [2.45, 2.75) is 12.3 Å². The van der Waals surface area contributed by atoms with Gasteiger partial charge < -0.3 is 0 Å². The Kier molecular flexibility index (Phi) is 4.99. The fraction of sp³-hybridized carbons (Fsp3) is 0.154. The fourth-order valence-corrected chi connectivity index (χ4v) is 3.00. The van der Waals surface area contributed by atoms with Crippen molar-refractivity contribution in [3.05, 3.63) is 63.9 Å². The van der Waals surface area contributed by atoms with Crippen molar-refractivity contribution in [3.8, 4) is 0 Å². The molecule has 4 nitrogen and oxygen atoms in total. The van der Waals surface area contributed by atoms with E-state index in [9.17, 15) is 8.42 Å². The molecule has 2 aromatic rings. The van der Waals surface area contributed by atoms with Crippen LogP contribution in [0.25, 0.3) is 0 Å². The number of sulfonamides is 1. The molecule has 1 heterocycles. The molecule has 0 spiro atoms. The molecule has 0 amide bonds. The van der Waals surface area contributed by atoms with Gasteiger partial charge in [-0.25, -0.2) is 13.1 Å². The molecule has 106 valence electrons. The average molecular weight is 331 g/mol. The lowest BCUT2D eigenvalue weighted by Gasteiger charge is -2.07. The maximum absolute atomic E-state index is 12.0. The Morgan fingerprint density at radius 2 is 1.90 bits per heavy atom. The lowest BCUT2D eigenvalue weighted by Crippen LogP contribution is -2.25. The third-order valence-corrected chi connectivity index (χ3v) is 4.58. The van der Waals surface area contributed by atoms with Crippen molar-refractivity contribution >= 4 is 33.2 Å². The Hall–Kier alpha value is -1.14. The first-order chi connectivity index (χ1) is 9.46. The van der Waals surface area contributed by atoms with Crippen LogP contribution in [0.3, 0.4) is 0 Å². The summed E-state index contributed by atoms with van der Waals surface area (Å²) in [5, 5.41) is 0.735. The van der Waals surface area contributed by atoms with Gasteiger partial charge in [-0.3, -0.25) is 4.98 Å². The van der Waals surface area contributed by atoms with Crippen molar-refractivity contribution in [1.29, 1.82) is 0 Å². The van der Waals surface area contributed by atoms with Gasteiger partial charge in [-0.05, 0) is 29.8 Å². The van der Waals surface area contributed by atoms with E-state index in [1.807, 2.05) is 0 Å². The molecule has 2 rings (SSSR count). The number of pyridine rings is 1. The van der Waals surface area contributed by atoms with E-state index >= 15 is 0 Å². The van der Waals surface area contributed by atoms with E-state index in [0.29, 0.717) is 21.3 Å². The second-order valence-electron chi connectivity index (χ2n) is 4.15. The summed E-state index contributed by atoms with van der Waals surface area (Å²) in [5.41, 5.74) is 1.23. The van der Waals surface area contributed by atoms with E-state index in [-0.39, 0.29) is 12.3 Å². The predicted octanol–water partition coefficient (Wildman–Crippen LogP) is 3.01. The number of benzene rings is 1. The third kappa shape index (κ3) is 4.45. The van der Waals surface area contributed by atoms with Gasteiger partial charge in [-0.2, -0.15) is 0 Å². The summed E-state index contributed by atoms with van der Waals surface area (Å²) < 4.78 is 26.4. The zero-order valence-corrected chi connectivity index (χ0v) is 12.7. The molecule has 0 atom stereocenters. The summed E-state index contributed by atoms with van der Waals surface area (Å²) in [5.74, 6) is -0.156. The van der Waals surface area contributed by atoms with Crippen LogP contribution >= 0.6 is 23.2 Å². The number of aromatic nitrogens is 1.